The van der Waals surface area contributed by atoms with E-state index in [9.17, 15) is 0 Å². The van der Waals surface area contributed by atoms with E-state index in [2.05, 4.69) is 10.3 Å². The van der Waals surface area contributed by atoms with Gasteiger partial charge < -0.3 is 10.1 Å². The summed E-state index contributed by atoms with van der Waals surface area (Å²) in [7, 11) is 1.68. The van der Waals surface area contributed by atoms with Crippen LogP contribution in [0.15, 0.2) is 18.3 Å². The van der Waals surface area contributed by atoms with E-state index < -0.39 is 0 Å². The Morgan fingerprint density at radius 3 is 3.23 bits per heavy atom. The molecule has 70 valence electrons. The molecule has 2 heterocycles. The Kier molecular flexibility index (Phi) is 2.45. The molecule has 1 aromatic heterocycles. The molecule has 0 amide bonds. The molecular formula is C10H14N2O. The van der Waals surface area contributed by atoms with Crippen LogP contribution in [0.25, 0.3) is 0 Å². The SMILES string of the molecule is COc1ccnc([C@H]2CCCN2)c1. The number of rotatable bonds is 2. The maximum Gasteiger partial charge on any atom is 0.122 e. The van der Waals surface area contributed by atoms with Crippen molar-refractivity contribution in [2.75, 3.05) is 13.7 Å². The summed E-state index contributed by atoms with van der Waals surface area (Å²) in [5, 5.41) is 3.41. The number of methoxy groups -OCH3 is 1. The standard InChI is InChI=1S/C10H14N2O/c1-13-8-4-6-12-10(7-8)9-3-2-5-11-9/h4,6-7,9,11H,2-3,5H2,1H3/t9-/m1/s1. The highest BCUT2D eigenvalue weighted by Crippen LogP contribution is 2.23. The van der Waals surface area contributed by atoms with Gasteiger partial charge in [-0.15, -0.1) is 0 Å². The van der Waals surface area contributed by atoms with Crippen molar-refractivity contribution in [3.05, 3.63) is 24.0 Å². The van der Waals surface area contributed by atoms with Gasteiger partial charge in [-0.3, -0.25) is 4.98 Å². The van der Waals surface area contributed by atoms with Crippen LogP contribution in [0.3, 0.4) is 0 Å². The van der Waals surface area contributed by atoms with Crippen molar-refractivity contribution < 1.29 is 4.74 Å². The van der Waals surface area contributed by atoms with E-state index in [1.54, 1.807) is 13.3 Å². The van der Waals surface area contributed by atoms with E-state index in [1.165, 1.54) is 12.8 Å². The van der Waals surface area contributed by atoms with Crippen molar-refractivity contribution in [3.8, 4) is 5.75 Å². The smallest absolute Gasteiger partial charge is 0.122 e. The quantitative estimate of drug-likeness (QED) is 0.745. The van der Waals surface area contributed by atoms with Gasteiger partial charge >= 0.3 is 0 Å². The van der Waals surface area contributed by atoms with Crippen LogP contribution in [0.4, 0.5) is 0 Å². The molecular weight excluding hydrogens is 164 g/mol. The molecule has 1 atom stereocenters. The van der Waals surface area contributed by atoms with Crippen LogP contribution < -0.4 is 10.1 Å². The van der Waals surface area contributed by atoms with Crippen LogP contribution in [-0.2, 0) is 0 Å². The summed E-state index contributed by atoms with van der Waals surface area (Å²) < 4.78 is 5.15. The predicted molar refractivity (Wildman–Crippen MR) is 50.8 cm³/mol. The van der Waals surface area contributed by atoms with Crippen LogP contribution in [-0.4, -0.2) is 18.6 Å². The van der Waals surface area contributed by atoms with Crippen LogP contribution >= 0.6 is 0 Å². The molecule has 2 rings (SSSR count). The molecule has 1 aromatic rings. The lowest BCUT2D eigenvalue weighted by Crippen LogP contribution is -2.14. The average Bonchev–Trinajstić information content (AvgIpc) is 2.71. The Morgan fingerprint density at radius 1 is 1.62 bits per heavy atom. The first-order valence-corrected chi connectivity index (χ1v) is 4.63. The largest absolute Gasteiger partial charge is 0.497 e. The minimum atomic E-state index is 0.426. The molecule has 0 unspecified atom stereocenters. The fourth-order valence-electron chi connectivity index (χ4n) is 1.68. The zero-order chi connectivity index (χ0) is 9.10. The molecule has 0 aliphatic carbocycles. The summed E-state index contributed by atoms with van der Waals surface area (Å²) in [6.07, 6.45) is 4.22. The number of hydrogen-bond donors (Lipinski definition) is 1. The molecule has 0 bridgehead atoms. The van der Waals surface area contributed by atoms with Gasteiger partial charge in [0.25, 0.3) is 0 Å². The lowest BCUT2D eigenvalue weighted by atomic mass is 10.1. The van der Waals surface area contributed by atoms with E-state index in [0.717, 1.165) is 18.0 Å². The Bertz CT molecular complexity index is 282. The van der Waals surface area contributed by atoms with Gasteiger partial charge in [-0.05, 0) is 25.5 Å². The molecule has 0 spiro atoms. The highest BCUT2D eigenvalue weighted by atomic mass is 16.5. The molecule has 0 saturated carbocycles. The Hall–Kier alpha value is -1.09. The van der Waals surface area contributed by atoms with Gasteiger partial charge in [0.1, 0.15) is 5.75 Å². The topological polar surface area (TPSA) is 34.1 Å². The molecule has 0 radical (unpaired) electrons. The highest BCUT2D eigenvalue weighted by Gasteiger charge is 2.17. The van der Waals surface area contributed by atoms with Gasteiger partial charge in [-0.25, -0.2) is 0 Å². The van der Waals surface area contributed by atoms with Crippen molar-refractivity contribution in [2.24, 2.45) is 0 Å². The van der Waals surface area contributed by atoms with E-state index in [0.29, 0.717) is 6.04 Å². The Balaban J connectivity index is 2.18. The zero-order valence-corrected chi connectivity index (χ0v) is 7.79. The lowest BCUT2D eigenvalue weighted by molar-refractivity contribution is 0.412. The zero-order valence-electron chi connectivity index (χ0n) is 7.79. The van der Waals surface area contributed by atoms with Crippen molar-refractivity contribution in [3.63, 3.8) is 0 Å². The minimum absolute atomic E-state index is 0.426. The molecule has 1 aliphatic heterocycles. The molecule has 0 aromatic carbocycles. The van der Waals surface area contributed by atoms with Crippen LogP contribution in [0.5, 0.6) is 5.75 Å². The summed E-state index contributed by atoms with van der Waals surface area (Å²) >= 11 is 0. The molecule has 1 saturated heterocycles. The summed E-state index contributed by atoms with van der Waals surface area (Å²) in [6.45, 7) is 1.10. The monoisotopic (exact) mass is 178 g/mol. The van der Waals surface area contributed by atoms with E-state index >= 15 is 0 Å². The Morgan fingerprint density at radius 2 is 2.54 bits per heavy atom. The predicted octanol–water partition coefficient (Wildman–Crippen LogP) is 1.51. The lowest BCUT2D eigenvalue weighted by Gasteiger charge is -2.09. The summed E-state index contributed by atoms with van der Waals surface area (Å²) in [6, 6.07) is 4.30. The fraction of sp³-hybridized carbons (Fsp3) is 0.500. The number of nitrogens with zero attached hydrogens (tertiary/aromatic N) is 1. The molecule has 13 heavy (non-hydrogen) atoms. The summed E-state index contributed by atoms with van der Waals surface area (Å²) in [5.74, 6) is 0.888. The molecule has 3 nitrogen and oxygen atoms in total. The van der Waals surface area contributed by atoms with Crippen LogP contribution in [0.1, 0.15) is 24.6 Å². The average molecular weight is 178 g/mol. The molecule has 3 heteroatoms. The van der Waals surface area contributed by atoms with Gasteiger partial charge in [0.15, 0.2) is 0 Å². The first-order valence-electron chi connectivity index (χ1n) is 4.63. The van der Waals surface area contributed by atoms with Gasteiger partial charge in [0.2, 0.25) is 0 Å². The maximum absolute atomic E-state index is 5.15. The third-order valence-corrected chi connectivity index (χ3v) is 2.41. The van der Waals surface area contributed by atoms with Gasteiger partial charge in [-0.1, -0.05) is 0 Å². The van der Waals surface area contributed by atoms with Gasteiger partial charge in [-0.2, -0.15) is 0 Å². The second kappa shape index (κ2) is 3.75. The van der Waals surface area contributed by atoms with E-state index in [4.69, 9.17) is 4.74 Å². The summed E-state index contributed by atoms with van der Waals surface area (Å²) in [5.41, 5.74) is 1.09. The number of nitrogens with one attached hydrogen (secondary N) is 1. The fourth-order valence-corrected chi connectivity index (χ4v) is 1.68. The van der Waals surface area contributed by atoms with Crippen LogP contribution in [0.2, 0.25) is 0 Å². The third-order valence-electron chi connectivity index (χ3n) is 2.41. The maximum atomic E-state index is 5.15. The number of ether oxygens (including phenoxy) is 1. The number of pyridine rings is 1. The van der Waals surface area contributed by atoms with Gasteiger partial charge in [0.05, 0.1) is 12.8 Å². The second-order valence-electron chi connectivity index (χ2n) is 3.27. The van der Waals surface area contributed by atoms with Crippen molar-refractivity contribution in [1.29, 1.82) is 0 Å². The van der Waals surface area contributed by atoms with Crippen molar-refractivity contribution in [1.82, 2.24) is 10.3 Å². The summed E-state index contributed by atoms with van der Waals surface area (Å²) in [4.78, 5) is 4.33. The number of aromatic nitrogens is 1. The van der Waals surface area contributed by atoms with Gasteiger partial charge in [0, 0.05) is 18.3 Å². The first kappa shape index (κ1) is 8.51. The Labute approximate surface area is 78.1 Å². The molecule has 1 aliphatic rings. The van der Waals surface area contributed by atoms with Crippen LogP contribution in [0, 0.1) is 0 Å². The van der Waals surface area contributed by atoms with Crippen molar-refractivity contribution >= 4 is 0 Å². The first-order chi connectivity index (χ1) is 6.40. The normalized spacial score (nSPS) is 21.8. The highest BCUT2D eigenvalue weighted by molar-refractivity contribution is 5.24. The minimum Gasteiger partial charge on any atom is -0.497 e. The second-order valence-corrected chi connectivity index (χ2v) is 3.27. The third kappa shape index (κ3) is 1.80. The number of hydrogen-bond acceptors (Lipinski definition) is 3. The molecule has 1 fully saturated rings. The molecule has 1 N–H and O–H groups in total. The van der Waals surface area contributed by atoms with E-state index in [1.807, 2.05) is 12.1 Å². The van der Waals surface area contributed by atoms with E-state index in [-0.39, 0.29) is 0 Å². The van der Waals surface area contributed by atoms with Crippen molar-refractivity contribution in [2.45, 2.75) is 18.9 Å².